The van der Waals surface area contributed by atoms with Crippen LogP contribution in [0.2, 0.25) is 0 Å². The summed E-state index contributed by atoms with van der Waals surface area (Å²) in [5, 5.41) is 92.0. The molecule has 0 aromatic heterocycles. The molecule has 1 unspecified atom stereocenters. The smallest absolute Gasteiger partial charge is 0.229 e. The number of carbonyl (C=O) groups is 1. The second-order valence-electron chi connectivity index (χ2n) is 10.9. The first-order valence-corrected chi connectivity index (χ1v) is 13.5. The number of aliphatic hydroxyl groups excluding tert-OH is 6. The number of benzene rings is 2. The van der Waals surface area contributed by atoms with Gasteiger partial charge in [0, 0.05) is 12.1 Å². The summed E-state index contributed by atoms with van der Waals surface area (Å²) in [5.74, 6) is -1.69. The van der Waals surface area contributed by atoms with E-state index in [4.69, 9.17) is 23.7 Å². The SMILES string of the molecule is Cc1cc(C2CC(=O)c3c(O)cc(O)cc3O2)cc(O[C@@H]2O[C@@H](C)[C@H](O[C@@H]3O[C@H](CO)[C@@H](O)[C@H](O)[C@H]3O)[C@@H](O)[C@H]2O)c1O. The van der Waals surface area contributed by atoms with Crippen LogP contribution in [0.4, 0.5) is 0 Å². The van der Waals surface area contributed by atoms with Crippen molar-refractivity contribution in [2.75, 3.05) is 6.61 Å². The molecule has 9 N–H and O–H groups in total. The molecule has 3 heterocycles. The molecule has 0 amide bonds. The molecule has 15 nitrogen and oxygen atoms in total. The number of phenols is 3. The third-order valence-electron chi connectivity index (χ3n) is 7.80. The van der Waals surface area contributed by atoms with Gasteiger partial charge in [-0.3, -0.25) is 4.79 Å². The van der Waals surface area contributed by atoms with Crippen molar-refractivity contribution in [3.63, 3.8) is 0 Å². The summed E-state index contributed by atoms with van der Waals surface area (Å²) in [4.78, 5) is 12.8. The lowest BCUT2D eigenvalue weighted by molar-refractivity contribution is -0.348. The third-order valence-corrected chi connectivity index (χ3v) is 7.80. The molecule has 0 aliphatic carbocycles. The van der Waals surface area contributed by atoms with Crippen LogP contribution < -0.4 is 9.47 Å². The van der Waals surface area contributed by atoms with Crippen molar-refractivity contribution >= 4 is 5.78 Å². The minimum atomic E-state index is -1.76. The van der Waals surface area contributed by atoms with Crippen LogP contribution in [0.1, 0.15) is 40.9 Å². The van der Waals surface area contributed by atoms with Gasteiger partial charge in [-0.15, -0.1) is 0 Å². The number of carbonyl (C=O) groups excluding carboxylic acids is 1. The number of fused-ring (bicyclic) bond motifs is 1. The lowest BCUT2D eigenvalue weighted by atomic mass is 9.94. The van der Waals surface area contributed by atoms with Gasteiger partial charge in [0.15, 0.2) is 23.6 Å². The summed E-state index contributed by atoms with van der Waals surface area (Å²) in [6.07, 6.45) is -16.3. The fourth-order valence-corrected chi connectivity index (χ4v) is 5.41. The number of ether oxygens (including phenoxy) is 5. The Kier molecular flexibility index (Phi) is 8.72. The van der Waals surface area contributed by atoms with Gasteiger partial charge in [-0.2, -0.15) is 0 Å². The molecule has 2 aromatic rings. The molecule has 2 fully saturated rings. The summed E-state index contributed by atoms with van der Waals surface area (Å²) >= 11 is 0. The van der Waals surface area contributed by atoms with Crippen molar-refractivity contribution in [3.8, 4) is 28.7 Å². The highest BCUT2D eigenvalue weighted by Crippen LogP contribution is 2.44. The summed E-state index contributed by atoms with van der Waals surface area (Å²) in [6.45, 7) is 2.33. The molecular formula is C28H34O15. The summed E-state index contributed by atoms with van der Waals surface area (Å²) in [6, 6.07) is 5.13. The standard InChI is InChI=1S/C28H34O15/c1-9-3-11(15-7-14(32)19-13(31)5-12(30)6-16(19)40-15)4-17(20(9)33)41-27-25(38)23(36)26(10(2)39-27)43-28-24(37)22(35)21(34)18(8-29)42-28/h3-6,10,15,18,21-31,33-38H,7-8H2,1-2H3/t10-,15?,18+,21+,22-,23-,24+,25+,26-,27-,28-/m0/s1. The van der Waals surface area contributed by atoms with Crippen molar-refractivity contribution in [1.29, 1.82) is 0 Å². The van der Waals surface area contributed by atoms with Gasteiger partial charge in [0.1, 0.15) is 71.6 Å². The fraction of sp³-hybridized carbons (Fsp3) is 0.536. The van der Waals surface area contributed by atoms with Crippen LogP contribution in [0.5, 0.6) is 28.7 Å². The summed E-state index contributed by atoms with van der Waals surface area (Å²) in [7, 11) is 0. The second-order valence-corrected chi connectivity index (χ2v) is 10.9. The Morgan fingerprint density at radius 2 is 1.58 bits per heavy atom. The lowest BCUT2D eigenvalue weighted by Gasteiger charge is -2.45. The average Bonchev–Trinajstić information content (AvgIpc) is 2.95. The van der Waals surface area contributed by atoms with Crippen molar-refractivity contribution in [2.45, 2.75) is 87.8 Å². The van der Waals surface area contributed by atoms with Gasteiger partial charge in [-0.25, -0.2) is 0 Å². The first kappa shape index (κ1) is 31.2. The van der Waals surface area contributed by atoms with Crippen molar-refractivity contribution in [1.82, 2.24) is 0 Å². The van der Waals surface area contributed by atoms with E-state index in [0.29, 0.717) is 11.1 Å². The van der Waals surface area contributed by atoms with Gasteiger partial charge in [-0.05, 0) is 37.1 Å². The Morgan fingerprint density at radius 1 is 0.884 bits per heavy atom. The van der Waals surface area contributed by atoms with Gasteiger partial charge < -0.3 is 69.6 Å². The molecule has 3 aliphatic rings. The van der Waals surface area contributed by atoms with Crippen LogP contribution in [0, 0.1) is 6.92 Å². The van der Waals surface area contributed by atoms with Crippen LogP contribution in [0.25, 0.3) is 0 Å². The highest BCUT2D eigenvalue weighted by Gasteiger charge is 2.50. The molecule has 0 spiro atoms. The molecule has 5 rings (SSSR count). The highest BCUT2D eigenvalue weighted by atomic mass is 16.7. The molecule has 236 valence electrons. The number of hydrogen-bond donors (Lipinski definition) is 9. The predicted molar refractivity (Wildman–Crippen MR) is 141 cm³/mol. The minimum Gasteiger partial charge on any atom is -0.508 e. The van der Waals surface area contributed by atoms with Gasteiger partial charge in [0.05, 0.1) is 19.1 Å². The van der Waals surface area contributed by atoms with E-state index in [9.17, 15) is 50.8 Å². The molecular weight excluding hydrogens is 576 g/mol. The van der Waals surface area contributed by atoms with Crippen LogP contribution in [0.15, 0.2) is 24.3 Å². The minimum absolute atomic E-state index is 0.0274. The Balaban J connectivity index is 1.32. The van der Waals surface area contributed by atoms with Gasteiger partial charge in [0.2, 0.25) is 6.29 Å². The Hall–Kier alpha value is -3.25. The predicted octanol–water partition coefficient (Wildman–Crippen LogP) is -1.15. The van der Waals surface area contributed by atoms with E-state index in [1.807, 2.05) is 0 Å². The number of ketones is 1. The van der Waals surface area contributed by atoms with Gasteiger partial charge in [-0.1, -0.05) is 0 Å². The number of aromatic hydroxyl groups is 3. The zero-order valence-electron chi connectivity index (χ0n) is 23.0. The van der Waals surface area contributed by atoms with E-state index in [-0.39, 0.29) is 35.0 Å². The molecule has 11 atom stereocenters. The number of rotatable bonds is 6. The number of hydrogen-bond acceptors (Lipinski definition) is 15. The van der Waals surface area contributed by atoms with Crippen LogP contribution in [-0.2, 0) is 14.2 Å². The van der Waals surface area contributed by atoms with E-state index >= 15 is 0 Å². The van der Waals surface area contributed by atoms with Crippen molar-refractivity contribution in [2.24, 2.45) is 0 Å². The Bertz CT molecular complexity index is 1350. The highest BCUT2D eigenvalue weighted by molar-refractivity contribution is 6.02. The molecule has 3 aliphatic heterocycles. The Morgan fingerprint density at radius 3 is 2.28 bits per heavy atom. The maximum Gasteiger partial charge on any atom is 0.229 e. The second kappa shape index (κ2) is 12.0. The topological polar surface area (TPSA) is 245 Å². The number of aryl methyl sites for hydroxylation is 1. The normalized spacial score (nSPS) is 36.1. The molecule has 0 radical (unpaired) electrons. The first-order valence-electron chi connectivity index (χ1n) is 13.5. The van der Waals surface area contributed by atoms with Crippen molar-refractivity contribution < 1.29 is 74.4 Å². The molecule has 0 bridgehead atoms. The van der Waals surface area contributed by atoms with E-state index < -0.39 is 85.7 Å². The van der Waals surface area contributed by atoms with Crippen LogP contribution in [-0.4, -0.2) is 120 Å². The molecule has 2 saturated heterocycles. The van der Waals surface area contributed by atoms with E-state index in [0.717, 1.165) is 6.07 Å². The number of phenolic OH excluding ortho intramolecular Hbond substituents is 3. The first-order chi connectivity index (χ1) is 20.3. The monoisotopic (exact) mass is 610 g/mol. The fourth-order valence-electron chi connectivity index (χ4n) is 5.41. The maximum absolute atomic E-state index is 12.8. The number of aliphatic hydroxyl groups is 6. The maximum atomic E-state index is 12.8. The molecule has 0 saturated carbocycles. The van der Waals surface area contributed by atoms with Gasteiger partial charge >= 0.3 is 0 Å². The number of Topliss-reactive ketones (excluding diaryl/α,β-unsaturated/α-hetero) is 1. The molecule has 15 heteroatoms. The van der Waals surface area contributed by atoms with Crippen LogP contribution in [0.3, 0.4) is 0 Å². The summed E-state index contributed by atoms with van der Waals surface area (Å²) in [5.41, 5.74) is 0.633. The third kappa shape index (κ3) is 5.83. The Labute approximate surface area is 244 Å². The quantitative estimate of drug-likeness (QED) is 0.187. The zero-order chi connectivity index (χ0) is 31.3. The zero-order valence-corrected chi connectivity index (χ0v) is 23.0. The van der Waals surface area contributed by atoms with Crippen molar-refractivity contribution in [3.05, 3.63) is 41.0 Å². The molecule has 43 heavy (non-hydrogen) atoms. The van der Waals surface area contributed by atoms with Gasteiger partial charge in [0.25, 0.3) is 0 Å². The lowest BCUT2D eigenvalue weighted by Crippen LogP contribution is -2.64. The average molecular weight is 611 g/mol. The van der Waals surface area contributed by atoms with E-state index in [2.05, 4.69) is 0 Å². The van der Waals surface area contributed by atoms with E-state index in [1.165, 1.54) is 19.1 Å². The largest absolute Gasteiger partial charge is 0.508 e. The molecule has 2 aromatic carbocycles. The van der Waals surface area contributed by atoms with Crippen LogP contribution >= 0.6 is 0 Å². The summed E-state index contributed by atoms with van der Waals surface area (Å²) < 4.78 is 28.3. The van der Waals surface area contributed by atoms with E-state index in [1.54, 1.807) is 13.0 Å².